The van der Waals surface area contributed by atoms with Crippen LogP contribution in [0, 0.1) is 13.8 Å². The molecule has 0 aliphatic rings. The maximum absolute atomic E-state index is 13.4. The smallest absolute Gasteiger partial charge is 0.507 e. The van der Waals surface area contributed by atoms with Crippen LogP contribution in [0.2, 0.25) is 0 Å². The number of fused-ring (bicyclic) bond motifs is 2. The molecule has 4 rings (SSSR count). The predicted molar refractivity (Wildman–Crippen MR) is 158 cm³/mol. The average molecular weight is 525 g/mol. The van der Waals surface area contributed by atoms with E-state index in [1.54, 1.807) is 0 Å². The Morgan fingerprint density at radius 2 is 1.13 bits per heavy atom. The SMILES string of the molecule is CC/C(C)=C/Cc1c(C)c(OC(=O)Oc2c(C)c(CC=C(C)C)c(O)c3ccccc23)c2ccccc2c1O. The number of rotatable bonds is 7. The molecule has 39 heavy (non-hydrogen) atoms. The Morgan fingerprint density at radius 1 is 0.718 bits per heavy atom. The summed E-state index contributed by atoms with van der Waals surface area (Å²) in [5, 5.41) is 24.6. The van der Waals surface area contributed by atoms with Gasteiger partial charge < -0.3 is 19.7 Å². The quantitative estimate of drug-likeness (QED) is 0.143. The first-order valence-electron chi connectivity index (χ1n) is 13.3. The third-order valence-electron chi connectivity index (χ3n) is 7.31. The summed E-state index contributed by atoms with van der Waals surface area (Å²) in [6, 6.07) is 14.6. The Labute approximate surface area is 230 Å². The Hall–Kier alpha value is -4.25. The van der Waals surface area contributed by atoms with Crippen molar-refractivity contribution in [3.63, 3.8) is 0 Å². The standard InChI is InChI=1S/C34H36O5/c1-7-21(4)17-19-25-23(6)33(29-15-11-9-13-27(29)31(25)36)39-34(37)38-32-22(5)24(18-16-20(2)3)30(35)26-12-8-10-14-28(26)32/h8-17,35-36H,7,18-19H2,1-6H3/b21-17+. The minimum atomic E-state index is -0.882. The number of phenols is 2. The molecule has 0 aliphatic carbocycles. The molecule has 0 atom stereocenters. The summed E-state index contributed by atoms with van der Waals surface area (Å²) in [6.45, 7) is 11.8. The van der Waals surface area contributed by atoms with Gasteiger partial charge in [-0.1, -0.05) is 78.8 Å². The lowest BCUT2D eigenvalue weighted by Crippen LogP contribution is -2.16. The number of ether oxygens (including phenoxy) is 2. The molecule has 0 amide bonds. The van der Waals surface area contributed by atoms with Crippen LogP contribution in [0.1, 0.15) is 56.4 Å². The highest BCUT2D eigenvalue weighted by Crippen LogP contribution is 2.42. The third kappa shape index (κ3) is 5.63. The van der Waals surface area contributed by atoms with E-state index in [0.29, 0.717) is 68.1 Å². The molecule has 0 bridgehead atoms. The Bertz CT molecular complexity index is 1620. The van der Waals surface area contributed by atoms with Gasteiger partial charge in [0.2, 0.25) is 0 Å². The van der Waals surface area contributed by atoms with Gasteiger partial charge in [0.1, 0.15) is 23.0 Å². The molecule has 0 spiro atoms. The number of carbonyl (C=O) groups excluding carboxylic acids is 1. The maximum atomic E-state index is 13.4. The molecule has 0 aromatic heterocycles. The largest absolute Gasteiger partial charge is 0.519 e. The summed E-state index contributed by atoms with van der Waals surface area (Å²) >= 11 is 0. The molecule has 202 valence electrons. The van der Waals surface area contributed by atoms with Crippen LogP contribution in [0.25, 0.3) is 21.5 Å². The second kappa shape index (κ2) is 11.6. The number of hydrogen-bond donors (Lipinski definition) is 2. The minimum Gasteiger partial charge on any atom is -0.507 e. The fraction of sp³-hybridized carbons (Fsp3) is 0.265. The number of carbonyl (C=O) groups is 1. The van der Waals surface area contributed by atoms with Crippen molar-refractivity contribution in [2.75, 3.05) is 0 Å². The Balaban J connectivity index is 1.78. The summed E-state index contributed by atoms with van der Waals surface area (Å²) in [6.07, 6.45) is 5.17. The van der Waals surface area contributed by atoms with E-state index in [1.165, 1.54) is 5.57 Å². The zero-order valence-electron chi connectivity index (χ0n) is 23.5. The van der Waals surface area contributed by atoms with Gasteiger partial charge in [-0.15, -0.1) is 0 Å². The van der Waals surface area contributed by atoms with Crippen LogP contribution in [0.4, 0.5) is 4.79 Å². The van der Waals surface area contributed by atoms with Crippen LogP contribution in [0.5, 0.6) is 23.0 Å². The van der Waals surface area contributed by atoms with Crippen LogP contribution in [-0.4, -0.2) is 16.4 Å². The van der Waals surface area contributed by atoms with Gasteiger partial charge >= 0.3 is 6.16 Å². The van der Waals surface area contributed by atoms with Crippen molar-refractivity contribution >= 4 is 27.7 Å². The van der Waals surface area contributed by atoms with Crippen molar-refractivity contribution in [1.82, 2.24) is 0 Å². The van der Waals surface area contributed by atoms with Crippen molar-refractivity contribution in [2.45, 2.75) is 60.8 Å². The molecule has 0 unspecified atom stereocenters. The van der Waals surface area contributed by atoms with Gasteiger partial charge in [0.15, 0.2) is 0 Å². The van der Waals surface area contributed by atoms with Gasteiger partial charge in [-0.3, -0.25) is 0 Å². The van der Waals surface area contributed by atoms with E-state index in [4.69, 9.17) is 9.47 Å². The summed E-state index contributed by atoms with van der Waals surface area (Å²) < 4.78 is 11.8. The summed E-state index contributed by atoms with van der Waals surface area (Å²) in [5.74, 6) is 1.08. The average Bonchev–Trinajstić information content (AvgIpc) is 2.93. The molecular formula is C34H36O5. The van der Waals surface area contributed by atoms with Crippen molar-refractivity contribution in [2.24, 2.45) is 0 Å². The Morgan fingerprint density at radius 3 is 1.54 bits per heavy atom. The molecular weight excluding hydrogens is 488 g/mol. The van der Waals surface area contributed by atoms with Gasteiger partial charge in [-0.2, -0.15) is 0 Å². The lowest BCUT2D eigenvalue weighted by Gasteiger charge is -2.19. The van der Waals surface area contributed by atoms with E-state index in [-0.39, 0.29) is 11.5 Å². The predicted octanol–water partition coefficient (Wildman–Crippen LogP) is 9.01. The van der Waals surface area contributed by atoms with Crippen molar-refractivity contribution in [1.29, 1.82) is 0 Å². The molecule has 0 radical (unpaired) electrons. The minimum absolute atomic E-state index is 0.182. The monoisotopic (exact) mass is 524 g/mol. The maximum Gasteiger partial charge on any atom is 0.519 e. The molecule has 4 aromatic carbocycles. The number of allylic oxidation sites excluding steroid dienone is 4. The van der Waals surface area contributed by atoms with E-state index in [1.807, 2.05) is 82.3 Å². The zero-order valence-corrected chi connectivity index (χ0v) is 23.5. The zero-order chi connectivity index (χ0) is 28.3. The van der Waals surface area contributed by atoms with Gasteiger partial charge in [0, 0.05) is 32.7 Å². The lowest BCUT2D eigenvalue weighted by atomic mass is 9.95. The molecule has 5 heteroatoms. The molecule has 0 saturated heterocycles. The number of aromatic hydroxyl groups is 2. The lowest BCUT2D eigenvalue weighted by molar-refractivity contribution is 0.152. The molecule has 0 fully saturated rings. The third-order valence-corrected chi connectivity index (χ3v) is 7.31. The van der Waals surface area contributed by atoms with Crippen LogP contribution in [0.3, 0.4) is 0 Å². The van der Waals surface area contributed by atoms with Crippen molar-refractivity contribution < 1.29 is 24.5 Å². The highest BCUT2D eigenvalue weighted by atomic mass is 16.7. The van der Waals surface area contributed by atoms with Crippen LogP contribution in [-0.2, 0) is 12.8 Å². The second-order valence-corrected chi connectivity index (χ2v) is 10.2. The summed E-state index contributed by atoms with van der Waals surface area (Å²) in [5.41, 5.74) is 5.10. The van der Waals surface area contributed by atoms with Gasteiger partial charge in [-0.25, -0.2) is 4.79 Å². The van der Waals surface area contributed by atoms with E-state index >= 15 is 0 Å². The molecule has 4 aromatic rings. The van der Waals surface area contributed by atoms with Gasteiger partial charge in [-0.05, 0) is 65.0 Å². The fourth-order valence-corrected chi connectivity index (χ4v) is 4.81. The topological polar surface area (TPSA) is 76.0 Å². The van der Waals surface area contributed by atoms with Crippen molar-refractivity contribution in [3.8, 4) is 23.0 Å². The van der Waals surface area contributed by atoms with Crippen LogP contribution in [0.15, 0.2) is 71.8 Å². The first kappa shape index (κ1) is 27.8. The van der Waals surface area contributed by atoms with Crippen LogP contribution < -0.4 is 9.47 Å². The highest BCUT2D eigenvalue weighted by Gasteiger charge is 2.23. The first-order chi connectivity index (χ1) is 18.6. The number of benzene rings is 4. The van der Waals surface area contributed by atoms with E-state index in [9.17, 15) is 15.0 Å². The summed E-state index contributed by atoms with van der Waals surface area (Å²) in [7, 11) is 0. The molecule has 0 aliphatic heterocycles. The molecule has 5 nitrogen and oxygen atoms in total. The first-order valence-corrected chi connectivity index (χ1v) is 13.3. The highest BCUT2D eigenvalue weighted by molar-refractivity contribution is 5.99. The normalized spacial score (nSPS) is 11.6. The van der Waals surface area contributed by atoms with E-state index < -0.39 is 6.16 Å². The second-order valence-electron chi connectivity index (χ2n) is 10.2. The van der Waals surface area contributed by atoms with Crippen molar-refractivity contribution in [3.05, 3.63) is 94.1 Å². The molecule has 0 heterocycles. The fourth-order valence-electron chi connectivity index (χ4n) is 4.81. The van der Waals surface area contributed by atoms with Gasteiger partial charge in [0.25, 0.3) is 0 Å². The van der Waals surface area contributed by atoms with Crippen LogP contribution >= 0.6 is 0 Å². The van der Waals surface area contributed by atoms with E-state index in [2.05, 4.69) is 19.9 Å². The molecule has 2 N–H and O–H groups in total. The Kier molecular flexibility index (Phi) is 8.29. The van der Waals surface area contributed by atoms with Gasteiger partial charge in [0.05, 0.1) is 0 Å². The number of hydrogen-bond acceptors (Lipinski definition) is 5. The number of phenolic OH excluding ortho intramolecular Hbond substituents is 2. The van der Waals surface area contributed by atoms with E-state index in [0.717, 1.165) is 12.0 Å². The summed E-state index contributed by atoms with van der Waals surface area (Å²) in [4.78, 5) is 13.4. The molecule has 0 saturated carbocycles.